The number of halogens is 1. The molecule has 29 heavy (non-hydrogen) atoms. The Kier molecular flexibility index (Phi) is 6.13. The second-order valence-electron chi connectivity index (χ2n) is 6.35. The van der Waals surface area contributed by atoms with Crippen molar-refractivity contribution in [2.75, 3.05) is 0 Å². The van der Waals surface area contributed by atoms with Gasteiger partial charge in [-0.2, -0.15) is 0 Å². The number of nitrogens with one attached hydrogen (secondary N) is 2. The van der Waals surface area contributed by atoms with Crippen LogP contribution in [0.25, 0.3) is 10.8 Å². The second-order valence-corrected chi connectivity index (χ2v) is 6.79. The number of nitrogens with zero attached hydrogens (tertiary/aromatic N) is 1. The molecule has 0 aliphatic heterocycles. The number of esters is 1. The molecule has 9 heteroatoms. The summed E-state index contributed by atoms with van der Waals surface area (Å²) in [5.41, 5.74) is -0.194. The number of ether oxygens (including phenoxy) is 1. The number of rotatable bonds is 6. The van der Waals surface area contributed by atoms with Crippen LogP contribution in [0.3, 0.4) is 0 Å². The second kappa shape index (κ2) is 8.74. The number of carbonyl (C=O) groups is 2. The van der Waals surface area contributed by atoms with Gasteiger partial charge in [-0.1, -0.05) is 35.9 Å². The van der Waals surface area contributed by atoms with Gasteiger partial charge in [-0.15, -0.1) is 0 Å². The summed E-state index contributed by atoms with van der Waals surface area (Å²) in [6.07, 6.45) is -1.07. The van der Waals surface area contributed by atoms with Gasteiger partial charge in [0.2, 0.25) is 0 Å². The standard InChI is InChI=1S/C20H18ClN3O5/c1-12(18(26)22-10-13-6-8-14(21)9-7-13)29-17(25)11-24-20(28)16-5-3-2-4-15(16)19(27)23-24/h2-9,12H,10-11H2,1H3,(H,22,26)(H,23,27). The number of hydrogen-bond donors (Lipinski definition) is 2. The highest BCUT2D eigenvalue weighted by Crippen LogP contribution is 2.09. The van der Waals surface area contributed by atoms with Gasteiger partial charge in [0.05, 0.1) is 10.8 Å². The first-order valence-corrected chi connectivity index (χ1v) is 9.16. The summed E-state index contributed by atoms with van der Waals surface area (Å²) in [6, 6.07) is 13.2. The maximum atomic E-state index is 12.4. The molecule has 0 aliphatic rings. The van der Waals surface area contributed by atoms with Crippen molar-refractivity contribution in [1.29, 1.82) is 0 Å². The molecule has 0 bridgehead atoms. The Morgan fingerprint density at radius 3 is 2.45 bits per heavy atom. The van der Waals surface area contributed by atoms with E-state index in [4.69, 9.17) is 16.3 Å². The number of amides is 1. The highest BCUT2D eigenvalue weighted by Gasteiger charge is 2.19. The van der Waals surface area contributed by atoms with Crippen molar-refractivity contribution in [1.82, 2.24) is 15.1 Å². The Balaban J connectivity index is 1.61. The van der Waals surface area contributed by atoms with Crippen LogP contribution in [-0.2, 0) is 27.4 Å². The minimum Gasteiger partial charge on any atom is -0.451 e. The molecule has 150 valence electrons. The topological polar surface area (TPSA) is 110 Å². The van der Waals surface area contributed by atoms with Gasteiger partial charge in [-0.25, -0.2) is 4.68 Å². The Labute approximate surface area is 170 Å². The lowest BCUT2D eigenvalue weighted by Crippen LogP contribution is -2.38. The zero-order chi connectivity index (χ0) is 21.0. The first-order valence-electron chi connectivity index (χ1n) is 8.78. The largest absolute Gasteiger partial charge is 0.451 e. The number of hydrogen-bond acceptors (Lipinski definition) is 5. The van der Waals surface area contributed by atoms with Crippen molar-refractivity contribution in [3.05, 3.63) is 79.8 Å². The molecule has 2 aromatic carbocycles. The minimum atomic E-state index is -1.07. The van der Waals surface area contributed by atoms with Crippen LogP contribution in [0, 0.1) is 0 Å². The maximum Gasteiger partial charge on any atom is 0.328 e. The lowest BCUT2D eigenvalue weighted by atomic mass is 10.2. The van der Waals surface area contributed by atoms with E-state index in [0.717, 1.165) is 10.2 Å². The molecule has 3 aromatic rings. The molecule has 0 spiro atoms. The van der Waals surface area contributed by atoms with Gasteiger partial charge in [0, 0.05) is 11.6 Å². The quantitative estimate of drug-likeness (QED) is 0.594. The number of fused-ring (bicyclic) bond motifs is 1. The summed E-state index contributed by atoms with van der Waals surface area (Å²) in [4.78, 5) is 48.7. The number of carbonyl (C=O) groups excluding carboxylic acids is 2. The minimum absolute atomic E-state index is 0.192. The summed E-state index contributed by atoms with van der Waals surface area (Å²) in [5, 5.41) is 6.00. The smallest absolute Gasteiger partial charge is 0.328 e. The molecule has 0 radical (unpaired) electrons. The van der Waals surface area contributed by atoms with Crippen LogP contribution < -0.4 is 16.4 Å². The number of H-pyrrole nitrogens is 1. The monoisotopic (exact) mass is 415 g/mol. The fourth-order valence-electron chi connectivity index (χ4n) is 2.71. The number of benzene rings is 2. The van der Waals surface area contributed by atoms with Crippen LogP contribution in [0.15, 0.2) is 58.1 Å². The van der Waals surface area contributed by atoms with Crippen LogP contribution in [0.1, 0.15) is 12.5 Å². The zero-order valence-corrected chi connectivity index (χ0v) is 16.2. The molecule has 1 aromatic heterocycles. The van der Waals surface area contributed by atoms with Gasteiger partial charge in [-0.3, -0.25) is 24.3 Å². The maximum absolute atomic E-state index is 12.4. The Hall–Kier alpha value is -3.39. The molecule has 0 saturated carbocycles. The van der Waals surface area contributed by atoms with Crippen molar-refractivity contribution in [2.24, 2.45) is 0 Å². The molecule has 0 aliphatic carbocycles. The third kappa shape index (κ3) is 4.91. The van der Waals surface area contributed by atoms with Gasteiger partial charge >= 0.3 is 5.97 Å². The summed E-state index contributed by atoms with van der Waals surface area (Å²) >= 11 is 5.81. The van der Waals surface area contributed by atoms with E-state index in [-0.39, 0.29) is 17.3 Å². The van der Waals surface area contributed by atoms with Gasteiger partial charge in [-0.05, 0) is 36.8 Å². The van der Waals surface area contributed by atoms with Crippen LogP contribution in [0.5, 0.6) is 0 Å². The van der Waals surface area contributed by atoms with Crippen molar-refractivity contribution in [2.45, 2.75) is 26.1 Å². The number of aromatic nitrogens is 2. The van der Waals surface area contributed by atoms with E-state index in [1.807, 2.05) is 0 Å². The predicted molar refractivity (Wildman–Crippen MR) is 108 cm³/mol. The molecule has 8 nitrogen and oxygen atoms in total. The van der Waals surface area contributed by atoms with E-state index in [1.54, 1.807) is 36.4 Å². The molecular formula is C20H18ClN3O5. The highest BCUT2D eigenvalue weighted by molar-refractivity contribution is 6.30. The van der Waals surface area contributed by atoms with Crippen LogP contribution in [-0.4, -0.2) is 27.8 Å². The third-order valence-corrected chi connectivity index (χ3v) is 4.48. The van der Waals surface area contributed by atoms with Gasteiger partial charge in [0.25, 0.3) is 17.0 Å². The molecular weight excluding hydrogens is 398 g/mol. The lowest BCUT2D eigenvalue weighted by Gasteiger charge is -2.14. The van der Waals surface area contributed by atoms with E-state index in [1.165, 1.54) is 19.1 Å². The fraction of sp³-hybridized carbons (Fsp3) is 0.200. The lowest BCUT2D eigenvalue weighted by molar-refractivity contribution is -0.155. The molecule has 0 saturated heterocycles. The number of aromatic amines is 1. The highest BCUT2D eigenvalue weighted by atomic mass is 35.5. The molecule has 2 N–H and O–H groups in total. The molecule has 1 unspecified atom stereocenters. The van der Waals surface area contributed by atoms with Crippen molar-refractivity contribution < 1.29 is 14.3 Å². The molecule has 1 amide bonds. The molecule has 0 fully saturated rings. The van der Waals surface area contributed by atoms with Gasteiger partial charge < -0.3 is 10.1 Å². The normalized spacial score (nSPS) is 11.8. The van der Waals surface area contributed by atoms with E-state index in [9.17, 15) is 19.2 Å². The SMILES string of the molecule is CC(OC(=O)Cn1[nH]c(=O)c2ccccc2c1=O)C(=O)NCc1ccc(Cl)cc1. The molecule has 1 atom stereocenters. The average molecular weight is 416 g/mol. The Morgan fingerprint density at radius 2 is 1.76 bits per heavy atom. The third-order valence-electron chi connectivity index (χ3n) is 4.23. The van der Waals surface area contributed by atoms with Crippen LogP contribution in [0.4, 0.5) is 0 Å². The van der Waals surface area contributed by atoms with Crippen LogP contribution >= 0.6 is 11.6 Å². The predicted octanol–water partition coefficient (Wildman–Crippen LogP) is 1.59. The van der Waals surface area contributed by atoms with E-state index in [0.29, 0.717) is 5.02 Å². The first kappa shape index (κ1) is 20.3. The summed E-state index contributed by atoms with van der Waals surface area (Å²) in [7, 11) is 0. The summed E-state index contributed by atoms with van der Waals surface area (Å²) in [6.45, 7) is 1.14. The average Bonchev–Trinajstić information content (AvgIpc) is 2.71. The van der Waals surface area contributed by atoms with Crippen molar-refractivity contribution >= 4 is 34.2 Å². The first-order chi connectivity index (χ1) is 13.8. The Morgan fingerprint density at radius 1 is 1.10 bits per heavy atom. The molecule has 3 rings (SSSR count). The summed E-state index contributed by atoms with van der Waals surface area (Å²) in [5.74, 6) is -1.32. The van der Waals surface area contributed by atoms with Gasteiger partial charge in [0.15, 0.2) is 6.10 Å². The van der Waals surface area contributed by atoms with Gasteiger partial charge in [0.1, 0.15) is 6.54 Å². The Bertz CT molecular complexity index is 1170. The van der Waals surface area contributed by atoms with E-state index >= 15 is 0 Å². The van der Waals surface area contributed by atoms with Crippen molar-refractivity contribution in [3.63, 3.8) is 0 Å². The van der Waals surface area contributed by atoms with E-state index in [2.05, 4.69) is 10.4 Å². The summed E-state index contributed by atoms with van der Waals surface area (Å²) < 4.78 is 5.94. The zero-order valence-electron chi connectivity index (χ0n) is 15.5. The molecule has 1 heterocycles. The van der Waals surface area contributed by atoms with Crippen LogP contribution in [0.2, 0.25) is 5.02 Å². The van der Waals surface area contributed by atoms with Crippen molar-refractivity contribution in [3.8, 4) is 0 Å². The van der Waals surface area contributed by atoms with E-state index < -0.39 is 35.6 Å². The fourth-order valence-corrected chi connectivity index (χ4v) is 2.84.